The monoisotopic (exact) mass is 261 g/mol. The molecule has 106 valence electrons. The molecule has 1 aliphatic rings. The molecule has 1 aliphatic carbocycles. The summed E-state index contributed by atoms with van der Waals surface area (Å²) in [6.07, 6.45) is 6.30. The first-order valence-electron chi connectivity index (χ1n) is 7.51. The van der Waals surface area contributed by atoms with Gasteiger partial charge in [0.05, 0.1) is 7.11 Å². The fraction of sp³-hybridized carbons (Fsp3) is 0.647. The van der Waals surface area contributed by atoms with E-state index >= 15 is 0 Å². The summed E-state index contributed by atoms with van der Waals surface area (Å²) in [4.78, 5) is 0. The summed E-state index contributed by atoms with van der Waals surface area (Å²) >= 11 is 0. The molecule has 0 saturated heterocycles. The van der Waals surface area contributed by atoms with Crippen molar-refractivity contribution in [2.24, 2.45) is 5.73 Å². The SMILES string of the molecule is COc1ccc(C(C)C)cc1C1(CN)CCCCC1. The van der Waals surface area contributed by atoms with Gasteiger partial charge in [-0.15, -0.1) is 0 Å². The molecule has 0 radical (unpaired) electrons. The molecule has 0 aliphatic heterocycles. The van der Waals surface area contributed by atoms with Crippen LogP contribution in [0, 0.1) is 0 Å². The van der Waals surface area contributed by atoms with E-state index in [9.17, 15) is 0 Å². The summed E-state index contributed by atoms with van der Waals surface area (Å²) in [5, 5.41) is 0. The first-order valence-corrected chi connectivity index (χ1v) is 7.51. The fourth-order valence-corrected chi connectivity index (χ4v) is 3.31. The number of hydrogen-bond donors (Lipinski definition) is 1. The summed E-state index contributed by atoms with van der Waals surface area (Å²) < 4.78 is 5.60. The van der Waals surface area contributed by atoms with Crippen LogP contribution in [-0.2, 0) is 5.41 Å². The van der Waals surface area contributed by atoms with Gasteiger partial charge < -0.3 is 10.5 Å². The van der Waals surface area contributed by atoms with Crippen molar-refractivity contribution in [3.8, 4) is 5.75 Å². The molecule has 0 atom stereocenters. The maximum Gasteiger partial charge on any atom is 0.122 e. The summed E-state index contributed by atoms with van der Waals surface area (Å²) in [5.41, 5.74) is 9.02. The predicted molar refractivity (Wildman–Crippen MR) is 80.9 cm³/mol. The van der Waals surface area contributed by atoms with Gasteiger partial charge in [0.1, 0.15) is 5.75 Å². The average Bonchev–Trinajstić information content (AvgIpc) is 2.47. The minimum absolute atomic E-state index is 0.133. The summed E-state index contributed by atoms with van der Waals surface area (Å²) in [6, 6.07) is 6.64. The van der Waals surface area contributed by atoms with Crippen molar-refractivity contribution in [3.63, 3.8) is 0 Å². The highest BCUT2D eigenvalue weighted by Crippen LogP contribution is 2.43. The van der Waals surface area contributed by atoms with E-state index in [-0.39, 0.29) is 5.41 Å². The average molecular weight is 261 g/mol. The van der Waals surface area contributed by atoms with Crippen molar-refractivity contribution in [2.45, 2.75) is 57.3 Å². The lowest BCUT2D eigenvalue weighted by molar-refractivity contribution is 0.287. The van der Waals surface area contributed by atoms with E-state index in [1.165, 1.54) is 43.2 Å². The second-order valence-electron chi connectivity index (χ2n) is 6.16. The van der Waals surface area contributed by atoms with Crippen LogP contribution in [0.5, 0.6) is 5.75 Å². The van der Waals surface area contributed by atoms with Crippen LogP contribution >= 0.6 is 0 Å². The van der Waals surface area contributed by atoms with Crippen molar-refractivity contribution in [1.29, 1.82) is 0 Å². The topological polar surface area (TPSA) is 35.2 Å². The van der Waals surface area contributed by atoms with E-state index in [2.05, 4.69) is 32.0 Å². The second-order valence-corrected chi connectivity index (χ2v) is 6.16. The van der Waals surface area contributed by atoms with Crippen LogP contribution in [-0.4, -0.2) is 13.7 Å². The van der Waals surface area contributed by atoms with Crippen LogP contribution in [0.4, 0.5) is 0 Å². The standard InChI is InChI=1S/C17H27NO/c1-13(2)14-7-8-16(19-3)15(11-14)17(12-18)9-5-4-6-10-17/h7-8,11,13H,4-6,9-10,12,18H2,1-3H3. The molecule has 2 heteroatoms. The molecule has 0 aromatic heterocycles. The van der Waals surface area contributed by atoms with Gasteiger partial charge in [0.2, 0.25) is 0 Å². The number of rotatable bonds is 4. The van der Waals surface area contributed by atoms with Gasteiger partial charge in [0, 0.05) is 17.5 Å². The van der Waals surface area contributed by atoms with Crippen molar-refractivity contribution in [1.82, 2.24) is 0 Å². The van der Waals surface area contributed by atoms with Gasteiger partial charge in [-0.25, -0.2) is 0 Å². The van der Waals surface area contributed by atoms with Crippen molar-refractivity contribution < 1.29 is 4.74 Å². The van der Waals surface area contributed by atoms with Gasteiger partial charge >= 0.3 is 0 Å². The Hall–Kier alpha value is -1.02. The smallest absolute Gasteiger partial charge is 0.122 e. The molecular weight excluding hydrogens is 234 g/mol. The molecule has 0 unspecified atom stereocenters. The zero-order valence-electron chi connectivity index (χ0n) is 12.5. The quantitative estimate of drug-likeness (QED) is 0.889. The van der Waals surface area contributed by atoms with Crippen LogP contribution < -0.4 is 10.5 Å². The summed E-state index contributed by atoms with van der Waals surface area (Å²) in [5.74, 6) is 1.56. The maximum absolute atomic E-state index is 6.16. The summed E-state index contributed by atoms with van der Waals surface area (Å²) in [6.45, 7) is 5.20. The van der Waals surface area contributed by atoms with E-state index in [1.807, 2.05) is 0 Å². The molecule has 2 N–H and O–H groups in total. The zero-order valence-corrected chi connectivity index (χ0v) is 12.5. The third kappa shape index (κ3) is 2.79. The Morgan fingerprint density at radius 3 is 2.42 bits per heavy atom. The molecule has 2 nitrogen and oxygen atoms in total. The molecule has 1 aromatic carbocycles. The van der Waals surface area contributed by atoms with Crippen LogP contribution in [0.2, 0.25) is 0 Å². The van der Waals surface area contributed by atoms with Gasteiger partial charge in [-0.3, -0.25) is 0 Å². The molecule has 0 heterocycles. The van der Waals surface area contributed by atoms with E-state index in [4.69, 9.17) is 10.5 Å². The Labute approximate surface area is 117 Å². The van der Waals surface area contributed by atoms with Gasteiger partial charge in [0.25, 0.3) is 0 Å². The van der Waals surface area contributed by atoms with E-state index in [1.54, 1.807) is 7.11 Å². The van der Waals surface area contributed by atoms with Gasteiger partial charge in [-0.2, -0.15) is 0 Å². The highest BCUT2D eigenvalue weighted by atomic mass is 16.5. The molecule has 1 fully saturated rings. The van der Waals surface area contributed by atoms with Crippen molar-refractivity contribution in [2.75, 3.05) is 13.7 Å². The highest BCUT2D eigenvalue weighted by Gasteiger charge is 2.35. The minimum atomic E-state index is 0.133. The minimum Gasteiger partial charge on any atom is -0.496 e. The third-order valence-corrected chi connectivity index (χ3v) is 4.66. The van der Waals surface area contributed by atoms with E-state index < -0.39 is 0 Å². The van der Waals surface area contributed by atoms with E-state index in [0.29, 0.717) is 5.92 Å². The van der Waals surface area contributed by atoms with E-state index in [0.717, 1.165) is 12.3 Å². The Balaban J connectivity index is 2.47. The molecule has 0 amide bonds. The van der Waals surface area contributed by atoms with Crippen molar-refractivity contribution in [3.05, 3.63) is 29.3 Å². The van der Waals surface area contributed by atoms with Crippen LogP contribution in [0.1, 0.15) is 63.0 Å². The Bertz CT molecular complexity index is 419. The number of benzene rings is 1. The zero-order chi connectivity index (χ0) is 13.9. The molecule has 0 bridgehead atoms. The van der Waals surface area contributed by atoms with Gasteiger partial charge in [-0.05, 0) is 30.4 Å². The Morgan fingerprint density at radius 1 is 1.21 bits per heavy atom. The van der Waals surface area contributed by atoms with Gasteiger partial charge in [0.15, 0.2) is 0 Å². The fourth-order valence-electron chi connectivity index (χ4n) is 3.31. The predicted octanol–water partition coefficient (Wildman–Crippen LogP) is 3.98. The number of nitrogens with two attached hydrogens (primary N) is 1. The molecular formula is C17H27NO. The Morgan fingerprint density at radius 2 is 1.89 bits per heavy atom. The normalized spacial score (nSPS) is 18.6. The third-order valence-electron chi connectivity index (χ3n) is 4.66. The number of methoxy groups -OCH3 is 1. The molecule has 1 saturated carbocycles. The van der Waals surface area contributed by atoms with Crippen LogP contribution in [0.25, 0.3) is 0 Å². The lowest BCUT2D eigenvalue weighted by Gasteiger charge is -2.38. The Kier molecular flexibility index (Phi) is 4.51. The first-order chi connectivity index (χ1) is 9.13. The lowest BCUT2D eigenvalue weighted by Crippen LogP contribution is -2.37. The van der Waals surface area contributed by atoms with Crippen LogP contribution in [0.3, 0.4) is 0 Å². The molecule has 2 rings (SSSR count). The lowest BCUT2D eigenvalue weighted by atomic mass is 9.68. The second kappa shape index (κ2) is 5.96. The molecule has 0 spiro atoms. The van der Waals surface area contributed by atoms with Gasteiger partial charge in [-0.1, -0.05) is 45.2 Å². The molecule has 19 heavy (non-hydrogen) atoms. The molecule has 1 aromatic rings. The summed E-state index contributed by atoms with van der Waals surface area (Å²) in [7, 11) is 1.76. The first kappa shape index (κ1) is 14.4. The largest absolute Gasteiger partial charge is 0.496 e. The number of hydrogen-bond acceptors (Lipinski definition) is 2. The maximum atomic E-state index is 6.16. The highest BCUT2D eigenvalue weighted by molar-refractivity contribution is 5.44. The van der Waals surface area contributed by atoms with Crippen molar-refractivity contribution >= 4 is 0 Å². The number of ether oxygens (including phenoxy) is 1. The van der Waals surface area contributed by atoms with Crippen LogP contribution in [0.15, 0.2) is 18.2 Å².